The molecule has 2 atom stereocenters. The van der Waals surface area contributed by atoms with Crippen molar-refractivity contribution in [2.24, 2.45) is 5.41 Å². The number of nitrogens with zero attached hydrogens (tertiary/aromatic N) is 5. The molecule has 200 valence electrons. The minimum atomic E-state index is -3.43. The van der Waals surface area contributed by atoms with E-state index in [1.54, 1.807) is 24.0 Å². The molecule has 3 heterocycles. The average molecular weight is 604 g/mol. The second-order valence-corrected chi connectivity index (χ2v) is 12.2. The summed E-state index contributed by atoms with van der Waals surface area (Å²) in [7, 11) is -1.78. The number of benzene rings is 1. The first-order valence-corrected chi connectivity index (χ1v) is 14.6. The molecule has 12 nitrogen and oxygen atoms in total. The predicted octanol–water partition coefficient (Wildman–Crippen LogP) is 3.00. The van der Waals surface area contributed by atoms with E-state index >= 15 is 0 Å². The van der Waals surface area contributed by atoms with Gasteiger partial charge in [-0.15, -0.1) is 0 Å². The van der Waals surface area contributed by atoms with E-state index in [0.29, 0.717) is 50.7 Å². The molecule has 1 fully saturated rings. The lowest BCUT2D eigenvalue weighted by Gasteiger charge is -2.22. The molecule has 38 heavy (non-hydrogen) atoms. The summed E-state index contributed by atoms with van der Waals surface area (Å²) in [6, 6.07) is 5.52. The highest BCUT2D eigenvalue weighted by Gasteiger charge is 2.41. The third-order valence-corrected chi connectivity index (χ3v) is 8.00. The molecular formula is C24H27BrN8O4S. The average Bonchev–Trinajstić information content (AvgIpc) is 3.62. The van der Waals surface area contributed by atoms with Crippen molar-refractivity contribution in [3.63, 3.8) is 0 Å². The third-order valence-electron chi connectivity index (χ3n) is 6.75. The molecule has 4 aromatic rings. The van der Waals surface area contributed by atoms with Gasteiger partial charge >= 0.3 is 0 Å². The van der Waals surface area contributed by atoms with Crippen molar-refractivity contribution in [2.45, 2.75) is 38.8 Å². The fourth-order valence-electron chi connectivity index (χ4n) is 4.80. The summed E-state index contributed by atoms with van der Waals surface area (Å²) in [6.07, 6.45) is 8.07. The molecule has 0 spiro atoms. The zero-order valence-electron chi connectivity index (χ0n) is 21.0. The van der Waals surface area contributed by atoms with Crippen LogP contribution in [0.1, 0.15) is 31.7 Å². The highest BCUT2D eigenvalue weighted by atomic mass is 79.9. The van der Waals surface area contributed by atoms with Gasteiger partial charge in [-0.2, -0.15) is 10.1 Å². The van der Waals surface area contributed by atoms with Crippen molar-refractivity contribution in [1.29, 1.82) is 0 Å². The second-order valence-electron chi connectivity index (χ2n) is 9.63. The Balaban J connectivity index is 1.49. The number of carbonyl (C=O) groups excluding carboxylic acids is 1. The fourth-order valence-corrected chi connectivity index (χ4v) is 5.66. The minimum Gasteiger partial charge on any atom is -0.445 e. The number of nitrogens with one attached hydrogen (secondary N) is 3. The van der Waals surface area contributed by atoms with E-state index in [1.165, 1.54) is 12.5 Å². The quantitative estimate of drug-likeness (QED) is 0.276. The molecule has 0 bridgehead atoms. The molecule has 0 aliphatic heterocycles. The van der Waals surface area contributed by atoms with Crippen LogP contribution in [0.15, 0.2) is 45.9 Å². The zero-order valence-corrected chi connectivity index (χ0v) is 23.4. The standard InChI is InChI=1S/C24H27BrN8O4S/c1-24(22(34)26-2)7-6-15(11-24)30-23-28-13-18-19(25)32-33(20(18)31-23)16-4-5-17(21-27-8-9-37-21)14(10-16)12-29-38(3,35)36/h4-5,8-10,13,15,29H,6-7,11-12H2,1-3H3,(H,26,34)(H,28,30,31)/t15-,24-/m1/s1. The maximum absolute atomic E-state index is 12.3. The highest BCUT2D eigenvalue weighted by Crippen LogP contribution is 2.39. The van der Waals surface area contributed by atoms with Crippen LogP contribution in [-0.4, -0.2) is 58.4 Å². The lowest BCUT2D eigenvalue weighted by Crippen LogP contribution is -2.35. The summed E-state index contributed by atoms with van der Waals surface area (Å²) in [6.45, 7) is 2.01. The highest BCUT2D eigenvalue weighted by molar-refractivity contribution is 9.10. The van der Waals surface area contributed by atoms with E-state index in [9.17, 15) is 13.2 Å². The monoisotopic (exact) mass is 602 g/mol. The summed E-state index contributed by atoms with van der Waals surface area (Å²) in [4.78, 5) is 25.7. The minimum absolute atomic E-state index is 0.0366. The molecule has 14 heteroatoms. The molecule has 0 saturated heterocycles. The fraction of sp³-hybridized carbons (Fsp3) is 0.375. The lowest BCUT2D eigenvalue weighted by atomic mass is 9.87. The first-order chi connectivity index (χ1) is 18.1. The number of amides is 1. The molecule has 3 N–H and O–H groups in total. The van der Waals surface area contributed by atoms with Gasteiger partial charge in [0.25, 0.3) is 0 Å². The van der Waals surface area contributed by atoms with Gasteiger partial charge in [-0.25, -0.2) is 27.8 Å². The van der Waals surface area contributed by atoms with E-state index in [-0.39, 0.29) is 18.5 Å². The number of anilines is 1. The zero-order chi connectivity index (χ0) is 27.1. The van der Waals surface area contributed by atoms with Crippen LogP contribution in [0.4, 0.5) is 5.95 Å². The van der Waals surface area contributed by atoms with Crippen molar-refractivity contribution >= 4 is 48.8 Å². The van der Waals surface area contributed by atoms with Crippen LogP contribution in [0.3, 0.4) is 0 Å². The summed E-state index contributed by atoms with van der Waals surface area (Å²) < 4.78 is 33.8. The Morgan fingerprint density at radius 3 is 2.84 bits per heavy atom. The van der Waals surface area contributed by atoms with Crippen LogP contribution in [0.5, 0.6) is 0 Å². The molecule has 1 saturated carbocycles. The molecule has 1 aliphatic carbocycles. The summed E-state index contributed by atoms with van der Waals surface area (Å²) in [5.41, 5.74) is 2.11. The summed E-state index contributed by atoms with van der Waals surface area (Å²) in [5.74, 6) is 0.852. The van der Waals surface area contributed by atoms with Crippen LogP contribution in [0, 0.1) is 5.41 Å². The molecule has 5 rings (SSSR count). The number of halogens is 1. The van der Waals surface area contributed by atoms with E-state index in [4.69, 9.17) is 9.40 Å². The van der Waals surface area contributed by atoms with Crippen LogP contribution >= 0.6 is 15.9 Å². The van der Waals surface area contributed by atoms with E-state index in [2.05, 4.69) is 46.4 Å². The number of fused-ring (bicyclic) bond motifs is 1. The number of sulfonamides is 1. The van der Waals surface area contributed by atoms with Crippen molar-refractivity contribution in [2.75, 3.05) is 18.6 Å². The maximum Gasteiger partial charge on any atom is 0.226 e. The molecule has 3 aromatic heterocycles. The topological polar surface area (TPSA) is 157 Å². The first kappa shape index (κ1) is 26.3. The van der Waals surface area contributed by atoms with Crippen molar-refractivity contribution < 1.29 is 17.6 Å². The van der Waals surface area contributed by atoms with Gasteiger partial charge in [-0.1, -0.05) is 6.92 Å². The van der Waals surface area contributed by atoms with Gasteiger partial charge in [0.1, 0.15) is 10.9 Å². The molecular weight excluding hydrogens is 576 g/mol. The van der Waals surface area contributed by atoms with E-state index in [0.717, 1.165) is 19.1 Å². The summed E-state index contributed by atoms with van der Waals surface area (Å²) in [5, 5.41) is 11.4. The Morgan fingerprint density at radius 2 is 2.13 bits per heavy atom. The van der Waals surface area contributed by atoms with Gasteiger partial charge in [-0.05, 0) is 59.0 Å². The van der Waals surface area contributed by atoms with Gasteiger partial charge in [-0.3, -0.25) is 4.79 Å². The Labute approximate surface area is 227 Å². The Hall–Kier alpha value is -3.36. The summed E-state index contributed by atoms with van der Waals surface area (Å²) >= 11 is 3.49. The largest absolute Gasteiger partial charge is 0.445 e. The van der Waals surface area contributed by atoms with E-state index in [1.807, 2.05) is 19.1 Å². The van der Waals surface area contributed by atoms with Crippen molar-refractivity contribution in [1.82, 2.24) is 34.8 Å². The first-order valence-electron chi connectivity index (χ1n) is 11.9. The van der Waals surface area contributed by atoms with Crippen molar-refractivity contribution in [3.8, 4) is 17.1 Å². The van der Waals surface area contributed by atoms with Crippen LogP contribution < -0.4 is 15.4 Å². The van der Waals surface area contributed by atoms with Gasteiger partial charge in [0.05, 0.1) is 23.5 Å². The number of hydrogen-bond donors (Lipinski definition) is 3. The van der Waals surface area contributed by atoms with Crippen LogP contribution in [-0.2, 0) is 21.4 Å². The third kappa shape index (κ3) is 5.28. The molecule has 0 radical (unpaired) electrons. The SMILES string of the molecule is CNC(=O)[C@]1(C)CC[C@@H](Nc2ncc3c(Br)nn(-c4ccc(-c5ncco5)c(CNS(C)(=O)=O)c4)c3n2)C1. The second kappa shape index (κ2) is 10.1. The molecule has 1 amide bonds. The molecule has 1 aliphatic rings. The number of hydrogen-bond acceptors (Lipinski definition) is 9. The van der Waals surface area contributed by atoms with Gasteiger partial charge < -0.3 is 15.1 Å². The lowest BCUT2D eigenvalue weighted by molar-refractivity contribution is -0.129. The number of rotatable bonds is 8. The predicted molar refractivity (Wildman–Crippen MR) is 145 cm³/mol. The Bertz CT molecular complexity index is 1610. The smallest absolute Gasteiger partial charge is 0.226 e. The number of carbonyl (C=O) groups is 1. The van der Waals surface area contributed by atoms with Gasteiger partial charge in [0, 0.05) is 36.8 Å². The Kier molecular flexibility index (Phi) is 6.96. The number of oxazole rings is 1. The number of aromatic nitrogens is 5. The van der Waals surface area contributed by atoms with Crippen LogP contribution in [0.25, 0.3) is 28.2 Å². The van der Waals surface area contributed by atoms with Gasteiger partial charge in [0.2, 0.25) is 27.8 Å². The molecule has 1 aromatic carbocycles. The van der Waals surface area contributed by atoms with Crippen molar-refractivity contribution in [3.05, 3.63) is 47.0 Å². The van der Waals surface area contributed by atoms with Gasteiger partial charge in [0.15, 0.2) is 5.65 Å². The normalized spacial score (nSPS) is 19.6. The maximum atomic E-state index is 12.3. The van der Waals surface area contributed by atoms with E-state index < -0.39 is 15.4 Å². The molecule has 0 unspecified atom stereocenters. The van der Waals surface area contributed by atoms with Crippen LogP contribution in [0.2, 0.25) is 0 Å². The Morgan fingerprint density at radius 1 is 1.32 bits per heavy atom.